The third-order valence-electron chi connectivity index (χ3n) is 5.32. The normalized spacial score (nSPS) is 14.4. The monoisotopic (exact) mass is 385 g/mol. The minimum atomic E-state index is 0.342. The number of rotatable bonds is 4. The van der Waals surface area contributed by atoms with E-state index >= 15 is 0 Å². The number of hydrogen-bond donors (Lipinski definition) is 1. The van der Waals surface area contributed by atoms with Crippen molar-refractivity contribution in [2.45, 2.75) is 32.7 Å². The smallest absolute Gasteiger partial charge is 0.180 e. The van der Waals surface area contributed by atoms with Crippen LogP contribution >= 0.6 is 0 Å². The van der Waals surface area contributed by atoms with Gasteiger partial charge < -0.3 is 10.2 Å². The van der Waals surface area contributed by atoms with E-state index in [1.807, 2.05) is 37.3 Å². The van der Waals surface area contributed by atoms with E-state index < -0.39 is 0 Å². The topological polar surface area (TPSA) is 90.6 Å². The minimum absolute atomic E-state index is 0.342. The third kappa shape index (κ3) is 4.16. The van der Waals surface area contributed by atoms with Crippen LogP contribution < -0.4 is 10.2 Å². The van der Waals surface area contributed by atoms with Crippen molar-refractivity contribution in [2.24, 2.45) is 0 Å². The molecule has 1 aliphatic heterocycles. The Kier molecular flexibility index (Phi) is 5.34. The van der Waals surface area contributed by atoms with Gasteiger partial charge in [0.05, 0.1) is 5.56 Å². The first-order valence-corrected chi connectivity index (χ1v) is 9.78. The quantitative estimate of drug-likeness (QED) is 0.735. The second-order valence-electron chi connectivity index (χ2n) is 7.24. The SMILES string of the molecule is Cc1nc(-c2ccccn2)nc(NC2CCN(c3ccc(C#N)cn3)CC2)c1C. The summed E-state index contributed by atoms with van der Waals surface area (Å²) in [4.78, 5) is 20.4. The van der Waals surface area contributed by atoms with Crippen LogP contribution in [0, 0.1) is 25.2 Å². The molecule has 29 heavy (non-hydrogen) atoms. The molecule has 1 saturated heterocycles. The molecule has 0 saturated carbocycles. The van der Waals surface area contributed by atoms with Gasteiger partial charge in [0.1, 0.15) is 23.4 Å². The van der Waals surface area contributed by atoms with Crippen molar-refractivity contribution in [1.29, 1.82) is 5.26 Å². The molecule has 7 nitrogen and oxygen atoms in total. The second-order valence-corrected chi connectivity index (χ2v) is 7.24. The molecule has 3 aromatic heterocycles. The van der Waals surface area contributed by atoms with Crippen molar-refractivity contribution < 1.29 is 0 Å². The molecule has 1 N–H and O–H groups in total. The first-order chi connectivity index (χ1) is 14.1. The summed E-state index contributed by atoms with van der Waals surface area (Å²) in [5.41, 5.74) is 3.40. The highest BCUT2D eigenvalue weighted by atomic mass is 15.2. The van der Waals surface area contributed by atoms with E-state index in [9.17, 15) is 0 Å². The number of aryl methyl sites for hydroxylation is 1. The molecule has 7 heteroatoms. The summed E-state index contributed by atoms with van der Waals surface area (Å²) in [6, 6.07) is 12.0. The standard InChI is InChI=1S/C22H23N7/c1-15-16(2)26-22(19-5-3-4-10-24-19)28-21(15)27-18-8-11-29(12-9-18)20-7-6-17(13-23)14-25-20/h3-7,10,14,18H,8-9,11-12H2,1-2H3,(H,26,27,28). The molecule has 0 spiro atoms. The molecule has 0 radical (unpaired) electrons. The molecule has 0 unspecified atom stereocenters. The highest BCUT2D eigenvalue weighted by Crippen LogP contribution is 2.24. The molecule has 0 atom stereocenters. The Hall–Kier alpha value is -3.53. The maximum absolute atomic E-state index is 8.92. The molecule has 4 heterocycles. The summed E-state index contributed by atoms with van der Waals surface area (Å²) in [6.45, 7) is 5.88. The Labute approximate surface area is 170 Å². The predicted octanol–water partition coefficient (Wildman–Crippen LogP) is 3.50. The van der Waals surface area contributed by atoms with E-state index in [0.29, 0.717) is 17.4 Å². The minimum Gasteiger partial charge on any atom is -0.367 e. The van der Waals surface area contributed by atoms with Gasteiger partial charge in [0, 0.05) is 42.8 Å². The summed E-state index contributed by atoms with van der Waals surface area (Å²) in [5, 5.41) is 12.5. The van der Waals surface area contributed by atoms with Crippen LogP contribution in [-0.4, -0.2) is 39.1 Å². The van der Waals surface area contributed by atoms with Crippen LogP contribution in [0.4, 0.5) is 11.6 Å². The molecular formula is C22H23N7. The number of nitrogens with zero attached hydrogens (tertiary/aromatic N) is 6. The first-order valence-electron chi connectivity index (χ1n) is 9.78. The Morgan fingerprint density at radius 1 is 1.07 bits per heavy atom. The Balaban J connectivity index is 1.45. The maximum atomic E-state index is 8.92. The van der Waals surface area contributed by atoms with Gasteiger partial charge >= 0.3 is 0 Å². The van der Waals surface area contributed by atoms with E-state index in [4.69, 9.17) is 10.2 Å². The van der Waals surface area contributed by atoms with E-state index in [-0.39, 0.29) is 0 Å². The number of aromatic nitrogens is 4. The zero-order chi connectivity index (χ0) is 20.2. The fraction of sp³-hybridized carbons (Fsp3) is 0.318. The number of nitrogens with one attached hydrogen (secondary N) is 1. The van der Waals surface area contributed by atoms with Gasteiger partial charge in [0.15, 0.2) is 5.82 Å². The molecule has 0 aliphatic carbocycles. The van der Waals surface area contributed by atoms with E-state index in [1.54, 1.807) is 12.4 Å². The molecule has 0 bridgehead atoms. The molecule has 0 aromatic carbocycles. The Morgan fingerprint density at radius 2 is 1.90 bits per heavy atom. The van der Waals surface area contributed by atoms with Gasteiger partial charge in [0.25, 0.3) is 0 Å². The fourth-order valence-electron chi connectivity index (χ4n) is 3.46. The molecule has 4 rings (SSSR count). The van der Waals surface area contributed by atoms with Gasteiger partial charge in [-0.25, -0.2) is 15.0 Å². The van der Waals surface area contributed by atoms with Crippen LogP contribution in [0.1, 0.15) is 29.7 Å². The van der Waals surface area contributed by atoms with Crippen LogP contribution in [0.5, 0.6) is 0 Å². The molecular weight excluding hydrogens is 362 g/mol. The van der Waals surface area contributed by atoms with Gasteiger partial charge in [-0.3, -0.25) is 4.98 Å². The van der Waals surface area contributed by atoms with Crippen LogP contribution in [-0.2, 0) is 0 Å². The molecule has 146 valence electrons. The Bertz CT molecular complexity index is 1020. The summed E-state index contributed by atoms with van der Waals surface area (Å²) >= 11 is 0. The van der Waals surface area contributed by atoms with Gasteiger partial charge in [-0.15, -0.1) is 0 Å². The number of nitriles is 1. The van der Waals surface area contributed by atoms with Gasteiger partial charge in [0.2, 0.25) is 0 Å². The number of pyridine rings is 2. The van der Waals surface area contributed by atoms with Crippen molar-refractivity contribution in [3.8, 4) is 17.6 Å². The summed E-state index contributed by atoms with van der Waals surface area (Å²) in [7, 11) is 0. The fourth-order valence-corrected chi connectivity index (χ4v) is 3.46. The summed E-state index contributed by atoms with van der Waals surface area (Å²) in [5.74, 6) is 2.46. The van der Waals surface area contributed by atoms with Crippen LogP contribution in [0.2, 0.25) is 0 Å². The van der Waals surface area contributed by atoms with Crippen molar-refractivity contribution in [2.75, 3.05) is 23.3 Å². The largest absolute Gasteiger partial charge is 0.367 e. The number of piperidine rings is 1. The number of hydrogen-bond acceptors (Lipinski definition) is 7. The average Bonchev–Trinajstić information content (AvgIpc) is 2.78. The third-order valence-corrected chi connectivity index (χ3v) is 5.32. The lowest BCUT2D eigenvalue weighted by Crippen LogP contribution is -2.39. The lowest BCUT2D eigenvalue weighted by atomic mass is 10.0. The van der Waals surface area contributed by atoms with E-state index in [1.165, 1.54) is 0 Å². The van der Waals surface area contributed by atoms with Gasteiger partial charge in [-0.1, -0.05) is 6.07 Å². The average molecular weight is 385 g/mol. The summed E-state index contributed by atoms with van der Waals surface area (Å²) < 4.78 is 0. The first kappa shape index (κ1) is 18.8. The van der Waals surface area contributed by atoms with Gasteiger partial charge in [-0.2, -0.15) is 5.26 Å². The van der Waals surface area contributed by atoms with E-state index in [2.05, 4.69) is 38.2 Å². The molecule has 1 fully saturated rings. The zero-order valence-corrected chi connectivity index (χ0v) is 16.6. The second kappa shape index (κ2) is 8.23. The lowest BCUT2D eigenvalue weighted by molar-refractivity contribution is 0.522. The van der Waals surface area contributed by atoms with Crippen molar-refractivity contribution in [3.63, 3.8) is 0 Å². The Morgan fingerprint density at radius 3 is 2.55 bits per heavy atom. The lowest BCUT2D eigenvalue weighted by Gasteiger charge is -2.33. The molecule has 1 aliphatic rings. The summed E-state index contributed by atoms with van der Waals surface area (Å²) in [6.07, 6.45) is 5.37. The maximum Gasteiger partial charge on any atom is 0.180 e. The molecule has 0 amide bonds. The van der Waals surface area contributed by atoms with Crippen LogP contribution in [0.15, 0.2) is 42.7 Å². The van der Waals surface area contributed by atoms with Crippen molar-refractivity contribution >= 4 is 11.6 Å². The number of anilines is 2. The van der Waals surface area contributed by atoms with Crippen LogP contribution in [0.25, 0.3) is 11.5 Å². The van der Waals surface area contributed by atoms with Crippen LogP contribution in [0.3, 0.4) is 0 Å². The highest BCUT2D eigenvalue weighted by molar-refractivity contribution is 5.56. The highest BCUT2D eigenvalue weighted by Gasteiger charge is 2.22. The van der Waals surface area contributed by atoms with Gasteiger partial charge in [-0.05, 0) is 51.0 Å². The predicted molar refractivity (Wildman–Crippen MR) is 113 cm³/mol. The van der Waals surface area contributed by atoms with Crippen molar-refractivity contribution in [3.05, 3.63) is 59.5 Å². The zero-order valence-electron chi connectivity index (χ0n) is 16.6. The van der Waals surface area contributed by atoms with E-state index in [0.717, 1.165) is 54.5 Å². The molecule has 3 aromatic rings. The van der Waals surface area contributed by atoms with Crippen molar-refractivity contribution in [1.82, 2.24) is 19.9 Å².